The first-order chi connectivity index (χ1) is 31.0. The summed E-state index contributed by atoms with van der Waals surface area (Å²) in [7, 11) is 0. The average molecular weight is 928 g/mol. The second-order valence-electron chi connectivity index (χ2n) is 18.2. The first-order valence-electron chi connectivity index (χ1n) is 24.7. The van der Waals surface area contributed by atoms with E-state index >= 15 is 4.79 Å². The van der Waals surface area contributed by atoms with Gasteiger partial charge in [-0.05, 0) is 90.6 Å². The predicted octanol–water partition coefficient (Wildman–Crippen LogP) is 17.2. The van der Waals surface area contributed by atoms with E-state index in [0.29, 0.717) is 56.0 Å². The Hall–Kier alpha value is -2.72. The molecule has 2 aromatic heterocycles. The fourth-order valence-corrected chi connectivity index (χ4v) is 15.2. The number of thiophene rings is 2. The van der Waals surface area contributed by atoms with E-state index < -0.39 is 0 Å². The van der Waals surface area contributed by atoms with E-state index in [1.54, 1.807) is 22.7 Å². The van der Waals surface area contributed by atoms with E-state index in [1.807, 2.05) is 35.7 Å². The number of carbonyl (C=O) groups is 4. The molecule has 2 fully saturated rings. The van der Waals surface area contributed by atoms with Crippen molar-refractivity contribution in [3.63, 3.8) is 0 Å². The van der Waals surface area contributed by atoms with Gasteiger partial charge in [-0.1, -0.05) is 142 Å². The molecular weight excluding hydrogens is 855 g/mol. The van der Waals surface area contributed by atoms with Crippen molar-refractivity contribution in [2.45, 2.75) is 189 Å². The van der Waals surface area contributed by atoms with Crippen LogP contribution in [0.25, 0.3) is 10.8 Å². The monoisotopic (exact) mass is 927 g/mol. The van der Waals surface area contributed by atoms with Crippen LogP contribution in [0.2, 0.25) is 0 Å². The lowest BCUT2D eigenvalue weighted by atomic mass is 9.84. The molecule has 1 N–H and O–H groups in total. The van der Waals surface area contributed by atoms with Gasteiger partial charge in [0.25, 0.3) is 5.91 Å². The smallest absolute Gasteiger partial charge is 0.252 e. The second kappa shape index (κ2) is 27.0. The van der Waals surface area contributed by atoms with E-state index in [0.717, 1.165) is 68.5 Å². The van der Waals surface area contributed by atoms with Gasteiger partial charge in [0, 0.05) is 64.8 Å². The number of carbonyl (C=O) groups excluding carboxylic acids is 4. The van der Waals surface area contributed by atoms with E-state index in [-0.39, 0.29) is 16.4 Å². The lowest BCUT2D eigenvalue weighted by Gasteiger charge is -2.24. The van der Waals surface area contributed by atoms with Crippen molar-refractivity contribution in [2.24, 2.45) is 5.92 Å². The second-order valence-corrected chi connectivity index (χ2v) is 23.0. The molecule has 0 spiro atoms. The van der Waals surface area contributed by atoms with Gasteiger partial charge >= 0.3 is 0 Å². The summed E-state index contributed by atoms with van der Waals surface area (Å²) < 4.78 is 0. The Bertz CT molecular complexity index is 2010. The first-order valence-corrected chi connectivity index (χ1v) is 28.3. The summed E-state index contributed by atoms with van der Waals surface area (Å²) in [6.07, 6.45) is 31.6. The highest BCUT2D eigenvalue weighted by molar-refractivity contribution is 8.00. The molecule has 0 radical (unpaired) electrons. The Kier molecular flexibility index (Phi) is 21.3. The molecule has 4 aromatic rings. The van der Waals surface area contributed by atoms with Crippen molar-refractivity contribution in [1.29, 1.82) is 0 Å². The van der Waals surface area contributed by atoms with E-state index in [1.165, 1.54) is 125 Å². The quantitative estimate of drug-likeness (QED) is 0.0414. The van der Waals surface area contributed by atoms with Crippen molar-refractivity contribution in [3.8, 4) is 0 Å². The summed E-state index contributed by atoms with van der Waals surface area (Å²) in [5.74, 6) is 0.173. The molecule has 2 saturated heterocycles. The Balaban J connectivity index is 1.26. The van der Waals surface area contributed by atoms with Gasteiger partial charge in [0.1, 0.15) is 0 Å². The molecule has 2 aromatic carbocycles. The maximum atomic E-state index is 15.1. The van der Waals surface area contributed by atoms with Crippen LogP contribution in [0.3, 0.4) is 0 Å². The van der Waals surface area contributed by atoms with Gasteiger partial charge in [-0.2, -0.15) is 0 Å². The molecule has 1 amide bonds. The Morgan fingerprint density at radius 1 is 0.587 bits per heavy atom. The normalized spacial score (nSPS) is 19.1. The van der Waals surface area contributed by atoms with E-state index in [4.69, 9.17) is 0 Å². The van der Waals surface area contributed by atoms with Crippen molar-refractivity contribution in [1.82, 2.24) is 5.32 Å². The molecular formula is C54H73NO4S4. The standard InChI is InChI=1S/C54H73NO4S4/c1-3-5-7-9-11-13-14-16-18-20-24-39(23-19-17-15-12-10-8-6-4-2)35-55-54(59)53-43(46-28-30-50(63-46)48-26-22-32-61-48)34-40(36-56)51-44(38-58)42(33-41(37-57)52(51)53)45-27-29-49(62-45)47-25-21-31-60-47/h21-22,25-26,31-34,36-39,45-46,49-50H,3-20,23-24,27-30,35H2,1-2H3,(H,55,59). The van der Waals surface area contributed by atoms with Gasteiger partial charge in [0.15, 0.2) is 18.9 Å². The molecule has 5 atom stereocenters. The van der Waals surface area contributed by atoms with Gasteiger partial charge in [-0.15, -0.1) is 46.2 Å². The van der Waals surface area contributed by atoms with E-state index in [9.17, 15) is 14.4 Å². The number of nitrogens with one attached hydrogen (secondary N) is 1. The summed E-state index contributed by atoms with van der Waals surface area (Å²) >= 11 is 7.19. The lowest BCUT2D eigenvalue weighted by Crippen LogP contribution is -2.31. The van der Waals surface area contributed by atoms with Crippen LogP contribution in [0.1, 0.15) is 251 Å². The predicted molar refractivity (Wildman–Crippen MR) is 273 cm³/mol. The molecule has 342 valence electrons. The van der Waals surface area contributed by atoms with Gasteiger partial charge < -0.3 is 5.32 Å². The third kappa shape index (κ3) is 13.9. The molecule has 5 nitrogen and oxygen atoms in total. The molecule has 0 aliphatic carbocycles. The van der Waals surface area contributed by atoms with Crippen LogP contribution < -0.4 is 5.32 Å². The molecule has 2 aliphatic rings. The Morgan fingerprint density at radius 3 is 1.49 bits per heavy atom. The largest absolute Gasteiger partial charge is 0.352 e. The van der Waals surface area contributed by atoms with Crippen LogP contribution in [-0.4, -0.2) is 31.3 Å². The summed E-state index contributed by atoms with van der Waals surface area (Å²) in [6, 6.07) is 12.3. The number of benzene rings is 2. The zero-order valence-electron chi connectivity index (χ0n) is 38.2. The summed E-state index contributed by atoms with van der Waals surface area (Å²) in [4.78, 5) is 57.5. The van der Waals surface area contributed by atoms with Crippen molar-refractivity contribution in [2.75, 3.05) is 6.54 Å². The van der Waals surface area contributed by atoms with Crippen LogP contribution in [0.4, 0.5) is 0 Å². The molecule has 4 heterocycles. The molecule has 2 aliphatic heterocycles. The molecule has 63 heavy (non-hydrogen) atoms. The molecule has 6 rings (SSSR count). The summed E-state index contributed by atoms with van der Waals surface area (Å²) in [6.45, 7) is 5.12. The number of hydrogen-bond donors (Lipinski definition) is 1. The van der Waals surface area contributed by atoms with Gasteiger partial charge in [-0.25, -0.2) is 0 Å². The van der Waals surface area contributed by atoms with Gasteiger partial charge in [-0.3, -0.25) is 19.2 Å². The Morgan fingerprint density at radius 2 is 1.03 bits per heavy atom. The highest BCUT2D eigenvalue weighted by Gasteiger charge is 2.36. The van der Waals surface area contributed by atoms with Crippen molar-refractivity contribution >= 4 is 81.7 Å². The highest BCUT2D eigenvalue weighted by Crippen LogP contribution is 2.57. The minimum absolute atomic E-state index is 0.00306. The Labute approximate surface area is 395 Å². The number of unbranched alkanes of at least 4 members (excludes halogenated alkanes) is 16. The zero-order chi connectivity index (χ0) is 44.2. The minimum atomic E-state index is -0.197. The van der Waals surface area contributed by atoms with Crippen LogP contribution in [0.15, 0.2) is 47.2 Å². The van der Waals surface area contributed by atoms with Crippen LogP contribution >= 0.6 is 46.2 Å². The molecule has 9 heteroatoms. The van der Waals surface area contributed by atoms with Gasteiger partial charge in [0.05, 0.1) is 5.56 Å². The first kappa shape index (κ1) is 49.7. The number of thioether (sulfide) groups is 2. The average Bonchev–Trinajstić information content (AvgIpc) is 4.16. The molecule has 5 unspecified atom stereocenters. The fraction of sp³-hybridized carbons (Fsp3) is 0.593. The number of aldehydes is 3. The third-order valence-electron chi connectivity index (χ3n) is 13.6. The maximum absolute atomic E-state index is 15.1. The van der Waals surface area contributed by atoms with Crippen molar-refractivity contribution in [3.05, 3.63) is 90.3 Å². The topological polar surface area (TPSA) is 80.3 Å². The fourth-order valence-electron chi connectivity index (χ4n) is 10.1. The van der Waals surface area contributed by atoms with Gasteiger partial charge in [0.2, 0.25) is 0 Å². The molecule has 0 bridgehead atoms. The minimum Gasteiger partial charge on any atom is -0.352 e. The SMILES string of the molecule is CCCCCCCCCCCCC(CCCCCCCCCC)CNC(=O)c1c(C2CCC(c3cccs3)S2)cc(C=O)c2c(C=O)c(C3CCC(c4cccs4)S3)cc(C=O)c12. The summed E-state index contributed by atoms with van der Waals surface area (Å²) in [5.41, 5.74) is 3.28. The lowest BCUT2D eigenvalue weighted by molar-refractivity contribution is 0.0944. The number of amides is 1. The summed E-state index contributed by atoms with van der Waals surface area (Å²) in [5, 5.41) is 9.13. The maximum Gasteiger partial charge on any atom is 0.252 e. The molecule has 0 saturated carbocycles. The number of rotatable bonds is 30. The third-order valence-corrected chi connectivity index (χ3v) is 19.1. The van der Waals surface area contributed by atoms with Crippen molar-refractivity contribution < 1.29 is 19.2 Å². The van der Waals surface area contributed by atoms with Crippen LogP contribution in [0, 0.1) is 5.92 Å². The highest BCUT2D eigenvalue weighted by atomic mass is 32.2. The van der Waals surface area contributed by atoms with E-state index in [2.05, 4.69) is 54.2 Å². The van der Waals surface area contributed by atoms with Crippen LogP contribution in [0.5, 0.6) is 0 Å². The number of hydrogen-bond acceptors (Lipinski definition) is 8. The zero-order valence-corrected chi connectivity index (χ0v) is 41.4. The van der Waals surface area contributed by atoms with Crippen LogP contribution in [-0.2, 0) is 0 Å². The number of fused-ring (bicyclic) bond motifs is 1.